The molecule has 0 aromatic carbocycles. The lowest BCUT2D eigenvalue weighted by Crippen LogP contribution is -2.48. The molecule has 4 nitrogen and oxygen atoms in total. The van der Waals surface area contributed by atoms with Gasteiger partial charge in [0.25, 0.3) is 0 Å². The van der Waals surface area contributed by atoms with Gasteiger partial charge in [-0.15, -0.1) is 11.3 Å². The fraction of sp³-hybridized carbons (Fsp3) is 0.706. The molecule has 0 bridgehead atoms. The summed E-state index contributed by atoms with van der Waals surface area (Å²) in [6, 6.07) is 4.73. The first-order valence-corrected chi connectivity index (χ1v) is 9.00. The Balaban J connectivity index is 1.78. The van der Waals surface area contributed by atoms with Gasteiger partial charge in [-0.2, -0.15) is 0 Å². The van der Waals surface area contributed by atoms with E-state index in [1.54, 1.807) is 11.3 Å². The number of carbonyl (C=O) groups excluding carboxylic acids is 1. The minimum atomic E-state index is 0.0215. The fourth-order valence-electron chi connectivity index (χ4n) is 3.14. The molecule has 124 valence electrons. The van der Waals surface area contributed by atoms with Crippen LogP contribution in [-0.4, -0.2) is 41.8 Å². The highest BCUT2D eigenvalue weighted by Gasteiger charge is 2.26. The smallest absolute Gasteiger partial charge is 0.317 e. The van der Waals surface area contributed by atoms with Gasteiger partial charge in [-0.1, -0.05) is 0 Å². The summed E-state index contributed by atoms with van der Waals surface area (Å²) in [6.45, 7) is 4.44. The molecule has 5 heteroatoms. The molecule has 0 saturated heterocycles. The van der Waals surface area contributed by atoms with Crippen molar-refractivity contribution in [3.8, 4) is 0 Å². The number of thiophene rings is 1. The Morgan fingerprint density at radius 3 is 2.64 bits per heavy atom. The molecule has 1 aliphatic carbocycles. The Kier molecular flexibility index (Phi) is 6.26. The third-order valence-corrected chi connectivity index (χ3v) is 5.64. The third kappa shape index (κ3) is 4.71. The van der Waals surface area contributed by atoms with Gasteiger partial charge < -0.3 is 15.3 Å². The highest BCUT2D eigenvalue weighted by Crippen LogP contribution is 2.26. The molecule has 1 aliphatic rings. The van der Waals surface area contributed by atoms with Crippen molar-refractivity contribution in [3.05, 3.63) is 21.9 Å². The quantitative estimate of drug-likeness (QED) is 0.874. The number of aliphatic hydroxyl groups is 1. The van der Waals surface area contributed by atoms with E-state index in [-0.39, 0.29) is 18.7 Å². The highest BCUT2D eigenvalue weighted by atomic mass is 32.1. The minimum Gasteiger partial charge on any atom is -0.396 e. The number of nitrogens with zero attached hydrogens (tertiary/aromatic N) is 1. The van der Waals surface area contributed by atoms with Crippen molar-refractivity contribution in [1.82, 2.24) is 10.2 Å². The number of aliphatic hydroxyl groups excluding tert-OH is 1. The number of amides is 2. The average molecular weight is 324 g/mol. The summed E-state index contributed by atoms with van der Waals surface area (Å²) in [5.41, 5.74) is 0. The van der Waals surface area contributed by atoms with E-state index >= 15 is 0 Å². The van der Waals surface area contributed by atoms with Gasteiger partial charge in [-0.3, -0.25) is 0 Å². The SMILES string of the molecule is Cc1ccc(CC(C)NC(=O)N(C)C2CCC(CO)CC2)s1. The van der Waals surface area contributed by atoms with E-state index < -0.39 is 0 Å². The van der Waals surface area contributed by atoms with Crippen LogP contribution in [0.2, 0.25) is 0 Å². The molecule has 0 spiro atoms. The molecule has 0 aliphatic heterocycles. The molecule has 0 radical (unpaired) electrons. The standard InChI is InChI=1S/C17H28N2O2S/c1-12(10-16-9-4-13(2)22-16)18-17(21)19(3)15-7-5-14(11-20)6-8-15/h4,9,12,14-15,20H,5-8,10-11H2,1-3H3,(H,18,21). The predicted molar refractivity (Wildman–Crippen MR) is 91.3 cm³/mol. The van der Waals surface area contributed by atoms with E-state index in [1.165, 1.54) is 9.75 Å². The van der Waals surface area contributed by atoms with Gasteiger partial charge in [-0.05, 0) is 57.6 Å². The summed E-state index contributed by atoms with van der Waals surface area (Å²) in [6.07, 6.45) is 4.91. The molecule has 2 rings (SSSR count). The Morgan fingerprint density at radius 1 is 1.41 bits per heavy atom. The zero-order valence-corrected chi connectivity index (χ0v) is 14.7. The van der Waals surface area contributed by atoms with Gasteiger partial charge in [-0.25, -0.2) is 4.79 Å². The number of urea groups is 1. The lowest BCUT2D eigenvalue weighted by atomic mass is 9.86. The van der Waals surface area contributed by atoms with Gasteiger partial charge in [0.2, 0.25) is 0 Å². The molecular formula is C17H28N2O2S. The monoisotopic (exact) mass is 324 g/mol. The van der Waals surface area contributed by atoms with Gasteiger partial charge in [0.15, 0.2) is 0 Å². The van der Waals surface area contributed by atoms with Crippen molar-refractivity contribution in [2.45, 2.75) is 58.0 Å². The Morgan fingerprint density at radius 2 is 2.09 bits per heavy atom. The summed E-state index contributed by atoms with van der Waals surface area (Å²) >= 11 is 1.79. The van der Waals surface area contributed by atoms with Crippen LogP contribution in [-0.2, 0) is 6.42 Å². The average Bonchev–Trinajstić information content (AvgIpc) is 2.91. The lowest BCUT2D eigenvalue weighted by molar-refractivity contribution is 0.133. The summed E-state index contributed by atoms with van der Waals surface area (Å²) in [5.74, 6) is 0.425. The van der Waals surface area contributed by atoms with Crippen molar-refractivity contribution in [2.24, 2.45) is 5.92 Å². The first kappa shape index (κ1) is 17.3. The number of nitrogens with one attached hydrogen (secondary N) is 1. The maximum Gasteiger partial charge on any atom is 0.317 e. The predicted octanol–water partition coefficient (Wildman–Crippen LogP) is 3.18. The van der Waals surface area contributed by atoms with Crippen LogP contribution in [0.25, 0.3) is 0 Å². The molecular weight excluding hydrogens is 296 g/mol. The van der Waals surface area contributed by atoms with E-state index in [1.807, 2.05) is 11.9 Å². The van der Waals surface area contributed by atoms with E-state index in [9.17, 15) is 9.90 Å². The Labute approximate surface area is 137 Å². The Bertz CT molecular complexity index is 481. The molecule has 2 amide bonds. The third-order valence-electron chi connectivity index (χ3n) is 4.62. The zero-order chi connectivity index (χ0) is 16.1. The molecule has 1 aromatic heterocycles. The number of hydrogen-bond donors (Lipinski definition) is 2. The second-order valence-corrected chi connectivity index (χ2v) is 7.91. The van der Waals surface area contributed by atoms with Crippen LogP contribution >= 0.6 is 11.3 Å². The van der Waals surface area contributed by atoms with Crippen LogP contribution in [0.5, 0.6) is 0 Å². The molecule has 1 unspecified atom stereocenters. The first-order chi connectivity index (χ1) is 10.5. The lowest BCUT2D eigenvalue weighted by Gasteiger charge is -2.34. The first-order valence-electron chi connectivity index (χ1n) is 8.19. The second-order valence-electron chi connectivity index (χ2n) is 6.54. The van der Waals surface area contributed by atoms with Crippen LogP contribution < -0.4 is 5.32 Å². The Hall–Kier alpha value is -1.07. The van der Waals surface area contributed by atoms with Crippen molar-refractivity contribution in [1.29, 1.82) is 0 Å². The normalized spacial score (nSPS) is 23.1. The number of aryl methyl sites for hydroxylation is 1. The largest absolute Gasteiger partial charge is 0.396 e. The van der Waals surface area contributed by atoms with Gasteiger partial charge in [0.1, 0.15) is 0 Å². The van der Waals surface area contributed by atoms with E-state index in [0.717, 1.165) is 32.1 Å². The van der Waals surface area contributed by atoms with Crippen molar-refractivity contribution in [3.63, 3.8) is 0 Å². The highest BCUT2D eigenvalue weighted by molar-refractivity contribution is 7.11. The van der Waals surface area contributed by atoms with Crippen LogP contribution in [0, 0.1) is 12.8 Å². The van der Waals surface area contributed by atoms with Gasteiger partial charge >= 0.3 is 6.03 Å². The van der Waals surface area contributed by atoms with E-state index in [4.69, 9.17) is 0 Å². The van der Waals surface area contributed by atoms with Crippen LogP contribution in [0.1, 0.15) is 42.4 Å². The van der Waals surface area contributed by atoms with Crippen LogP contribution in [0.3, 0.4) is 0 Å². The molecule has 22 heavy (non-hydrogen) atoms. The molecule has 1 atom stereocenters. The van der Waals surface area contributed by atoms with Crippen molar-refractivity contribution >= 4 is 17.4 Å². The van der Waals surface area contributed by atoms with Crippen molar-refractivity contribution < 1.29 is 9.90 Å². The summed E-state index contributed by atoms with van der Waals surface area (Å²) in [5, 5.41) is 12.3. The zero-order valence-electron chi connectivity index (χ0n) is 13.8. The fourth-order valence-corrected chi connectivity index (χ4v) is 4.16. The van der Waals surface area contributed by atoms with Crippen LogP contribution in [0.15, 0.2) is 12.1 Å². The molecule has 1 heterocycles. The molecule has 1 saturated carbocycles. The van der Waals surface area contributed by atoms with Crippen LogP contribution in [0.4, 0.5) is 4.79 Å². The molecule has 1 aromatic rings. The van der Waals surface area contributed by atoms with Crippen molar-refractivity contribution in [2.75, 3.05) is 13.7 Å². The second kappa shape index (κ2) is 7.97. The molecule has 2 N–H and O–H groups in total. The maximum absolute atomic E-state index is 12.4. The number of hydrogen-bond acceptors (Lipinski definition) is 3. The van der Waals surface area contributed by atoms with E-state index in [0.29, 0.717) is 12.0 Å². The number of carbonyl (C=O) groups is 1. The number of rotatable bonds is 5. The summed E-state index contributed by atoms with van der Waals surface area (Å²) < 4.78 is 0. The van der Waals surface area contributed by atoms with Gasteiger partial charge in [0, 0.05) is 41.9 Å². The minimum absolute atomic E-state index is 0.0215. The summed E-state index contributed by atoms with van der Waals surface area (Å²) in [7, 11) is 1.89. The topological polar surface area (TPSA) is 52.6 Å². The maximum atomic E-state index is 12.4. The summed E-state index contributed by atoms with van der Waals surface area (Å²) in [4.78, 5) is 16.8. The van der Waals surface area contributed by atoms with Gasteiger partial charge in [0.05, 0.1) is 0 Å². The van der Waals surface area contributed by atoms with E-state index in [2.05, 4.69) is 31.3 Å². The molecule has 1 fully saturated rings.